The molecule has 0 bridgehead atoms. The Bertz CT molecular complexity index is 630. The van der Waals surface area contributed by atoms with Crippen LogP contribution in [0.5, 0.6) is 0 Å². The van der Waals surface area contributed by atoms with Gasteiger partial charge in [0.1, 0.15) is 18.3 Å². The van der Waals surface area contributed by atoms with Gasteiger partial charge in [-0.15, -0.1) is 0 Å². The van der Waals surface area contributed by atoms with Gasteiger partial charge in [0.25, 0.3) is 5.91 Å². The van der Waals surface area contributed by atoms with Gasteiger partial charge in [-0.25, -0.2) is 0 Å². The maximum Gasteiger partial charge on any atom is 0.406 e. The molecule has 1 aromatic rings. The molecule has 0 radical (unpaired) electrons. The van der Waals surface area contributed by atoms with E-state index in [1.54, 1.807) is 0 Å². The number of aromatic nitrogens is 1. The van der Waals surface area contributed by atoms with Crippen LogP contribution >= 0.6 is 0 Å². The number of primary amides is 1. The van der Waals surface area contributed by atoms with Crippen molar-refractivity contribution in [3.63, 3.8) is 0 Å². The number of carbonyl (C=O) groups excluding carboxylic acids is 3. The Morgan fingerprint density at radius 3 is 2.61 bits per heavy atom. The zero-order chi connectivity index (χ0) is 17.2. The van der Waals surface area contributed by atoms with Crippen LogP contribution in [-0.2, 0) is 4.79 Å². The standard InChI is InChI=1S/C13H13F3N4O3/c14-13(15,16)6-20-4-3-9(12(20)23)19-11(22)8-2-1-7(5-18-8)10(17)21/h1-2,5,9H,3-4,6H2,(H2,17,21)(H,19,22). The summed E-state index contributed by atoms with van der Waals surface area (Å²) in [6, 6.07) is 1.50. The fourth-order valence-electron chi connectivity index (χ4n) is 2.15. The average Bonchev–Trinajstić information content (AvgIpc) is 2.78. The van der Waals surface area contributed by atoms with Crippen molar-refractivity contribution in [2.45, 2.75) is 18.6 Å². The van der Waals surface area contributed by atoms with Gasteiger partial charge in [-0.05, 0) is 18.6 Å². The lowest BCUT2D eigenvalue weighted by Gasteiger charge is -2.18. The van der Waals surface area contributed by atoms with Gasteiger partial charge >= 0.3 is 6.18 Å². The predicted molar refractivity (Wildman–Crippen MR) is 71.3 cm³/mol. The van der Waals surface area contributed by atoms with Gasteiger partial charge in [-0.3, -0.25) is 19.4 Å². The number of nitrogens with one attached hydrogen (secondary N) is 1. The van der Waals surface area contributed by atoms with E-state index in [9.17, 15) is 27.6 Å². The summed E-state index contributed by atoms with van der Waals surface area (Å²) in [6.45, 7) is -1.43. The first-order valence-electron chi connectivity index (χ1n) is 6.59. The molecule has 1 saturated heterocycles. The van der Waals surface area contributed by atoms with Crippen LogP contribution in [0.2, 0.25) is 0 Å². The molecule has 10 heteroatoms. The van der Waals surface area contributed by atoms with Crippen molar-refractivity contribution < 1.29 is 27.6 Å². The molecule has 124 valence electrons. The smallest absolute Gasteiger partial charge is 0.366 e. The molecule has 23 heavy (non-hydrogen) atoms. The second-order valence-electron chi connectivity index (χ2n) is 4.99. The summed E-state index contributed by atoms with van der Waals surface area (Å²) in [5, 5.41) is 2.33. The van der Waals surface area contributed by atoms with Crippen LogP contribution in [0, 0.1) is 0 Å². The van der Waals surface area contributed by atoms with Crippen LogP contribution in [0.1, 0.15) is 27.3 Å². The number of rotatable bonds is 4. The SMILES string of the molecule is NC(=O)c1ccc(C(=O)NC2CCN(CC(F)(F)F)C2=O)nc1. The van der Waals surface area contributed by atoms with E-state index in [1.807, 2.05) is 0 Å². The second-order valence-corrected chi connectivity index (χ2v) is 4.99. The number of hydrogen-bond acceptors (Lipinski definition) is 4. The van der Waals surface area contributed by atoms with Crippen molar-refractivity contribution in [2.75, 3.05) is 13.1 Å². The number of halogens is 3. The molecule has 2 rings (SSSR count). The highest BCUT2D eigenvalue weighted by molar-refractivity contribution is 5.98. The summed E-state index contributed by atoms with van der Waals surface area (Å²) in [5.41, 5.74) is 5.07. The van der Waals surface area contributed by atoms with Crippen LogP contribution in [0.4, 0.5) is 13.2 Å². The molecular weight excluding hydrogens is 317 g/mol. The number of alkyl halides is 3. The lowest BCUT2D eigenvalue weighted by atomic mass is 10.2. The average molecular weight is 330 g/mol. The molecule has 0 aliphatic carbocycles. The molecule has 1 fully saturated rings. The molecule has 0 spiro atoms. The zero-order valence-electron chi connectivity index (χ0n) is 11.8. The molecule has 1 unspecified atom stereocenters. The van der Waals surface area contributed by atoms with Gasteiger partial charge in [0.15, 0.2) is 0 Å². The highest BCUT2D eigenvalue weighted by Gasteiger charge is 2.39. The molecule has 1 aliphatic rings. The predicted octanol–water partition coefficient (Wildman–Crippen LogP) is 0.0735. The Hall–Kier alpha value is -2.65. The van der Waals surface area contributed by atoms with E-state index in [-0.39, 0.29) is 24.2 Å². The number of amides is 3. The minimum atomic E-state index is -4.49. The van der Waals surface area contributed by atoms with Gasteiger partial charge < -0.3 is 16.0 Å². The minimum absolute atomic E-state index is 0.0722. The normalized spacial score (nSPS) is 18.1. The number of nitrogens with two attached hydrogens (primary N) is 1. The van der Waals surface area contributed by atoms with Gasteiger partial charge in [0, 0.05) is 12.7 Å². The van der Waals surface area contributed by atoms with Gasteiger partial charge in [-0.2, -0.15) is 13.2 Å². The molecule has 7 nitrogen and oxygen atoms in total. The Kier molecular flexibility index (Phi) is 4.52. The summed E-state index contributed by atoms with van der Waals surface area (Å²) >= 11 is 0. The molecule has 1 aliphatic heterocycles. The van der Waals surface area contributed by atoms with Crippen molar-refractivity contribution in [3.05, 3.63) is 29.6 Å². The summed E-state index contributed by atoms with van der Waals surface area (Å²) < 4.78 is 36.9. The third-order valence-electron chi connectivity index (χ3n) is 3.25. The Balaban J connectivity index is 1.98. The molecule has 3 N–H and O–H groups in total. The summed E-state index contributed by atoms with van der Waals surface area (Å²) in [6.07, 6.45) is -3.30. The van der Waals surface area contributed by atoms with Crippen LogP contribution in [-0.4, -0.2) is 52.9 Å². The highest BCUT2D eigenvalue weighted by Crippen LogP contribution is 2.21. The largest absolute Gasteiger partial charge is 0.406 e. The third-order valence-corrected chi connectivity index (χ3v) is 3.25. The Labute approximate surface area is 128 Å². The molecule has 1 atom stereocenters. The van der Waals surface area contributed by atoms with Crippen molar-refractivity contribution in [3.8, 4) is 0 Å². The Morgan fingerprint density at radius 2 is 2.09 bits per heavy atom. The molecule has 1 aromatic heterocycles. The van der Waals surface area contributed by atoms with Crippen molar-refractivity contribution in [1.82, 2.24) is 15.2 Å². The van der Waals surface area contributed by atoms with Crippen LogP contribution in [0.15, 0.2) is 18.3 Å². The molecule has 0 saturated carbocycles. The van der Waals surface area contributed by atoms with E-state index in [2.05, 4.69) is 10.3 Å². The number of pyridine rings is 1. The highest BCUT2D eigenvalue weighted by atomic mass is 19.4. The maximum absolute atomic E-state index is 12.3. The lowest BCUT2D eigenvalue weighted by molar-refractivity contribution is -0.157. The molecule has 3 amide bonds. The molecular formula is C13H13F3N4O3. The third kappa shape index (κ3) is 4.18. The topological polar surface area (TPSA) is 105 Å². The number of nitrogens with zero attached hydrogens (tertiary/aromatic N) is 2. The van der Waals surface area contributed by atoms with Crippen molar-refractivity contribution >= 4 is 17.7 Å². The monoisotopic (exact) mass is 330 g/mol. The number of hydrogen-bond donors (Lipinski definition) is 2. The number of likely N-dealkylation sites (tertiary alicyclic amines) is 1. The molecule has 2 heterocycles. The first-order chi connectivity index (χ1) is 10.7. The van der Waals surface area contributed by atoms with Crippen LogP contribution < -0.4 is 11.1 Å². The lowest BCUT2D eigenvalue weighted by Crippen LogP contribution is -2.44. The summed E-state index contributed by atoms with van der Waals surface area (Å²) in [7, 11) is 0. The number of carbonyl (C=O) groups is 3. The van der Waals surface area contributed by atoms with Gasteiger partial charge in [0.05, 0.1) is 5.56 Å². The fraction of sp³-hybridized carbons (Fsp3) is 0.385. The maximum atomic E-state index is 12.3. The van der Waals surface area contributed by atoms with E-state index in [1.165, 1.54) is 12.1 Å². The van der Waals surface area contributed by atoms with Gasteiger partial charge in [-0.1, -0.05) is 0 Å². The second kappa shape index (κ2) is 6.23. The summed E-state index contributed by atoms with van der Waals surface area (Å²) in [5.74, 6) is -2.21. The van der Waals surface area contributed by atoms with Crippen molar-refractivity contribution in [2.24, 2.45) is 5.73 Å². The van der Waals surface area contributed by atoms with E-state index in [0.29, 0.717) is 4.90 Å². The van der Waals surface area contributed by atoms with E-state index >= 15 is 0 Å². The van der Waals surface area contributed by atoms with Crippen LogP contribution in [0.3, 0.4) is 0 Å². The quantitative estimate of drug-likeness (QED) is 0.815. The first-order valence-corrected chi connectivity index (χ1v) is 6.59. The summed E-state index contributed by atoms with van der Waals surface area (Å²) in [4.78, 5) is 39.0. The fourth-order valence-corrected chi connectivity index (χ4v) is 2.15. The van der Waals surface area contributed by atoms with Crippen molar-refractivity contribution in [1.29, 1.82) is 0 Å². The van der Waals surface area contributed by atoms with Gasteiger partial charge in [0.2, 0.25) is 11.8 Å². The van der Waals surface area contributed by atoms with E-state index in [0.717, 1.165) is 6.20 Å². The van der Waals surface area contributed by atoms with E-state index in [4.69, 9.17) is 5.73 Å². The Morgan fingerprint density at radius 1 is 1.39 bits per heavy atom. The first kappa shape index (κ1) is 16.7. The van der Waals surface area contributed by atoms with Crippen LogP contribution in [0.25, 0.3) is 0 Å². The molecule has 0 aromatic carbocycles. The zero-order valence-corrected chi connectivity index (χ0v) is 11.8. The minimum Gasteiger partial charge on any atom is -0.366 e. The van der Waals surface area contributed by atoms with E-state index < -0.39 is 36.5 Å².